The van der Waals surface area contributed by atoms with Crippen molar-refractivity contribution in [2.75, 3.05) is 6.61 Å². The van der Waals surface area contributed by atoms with Gasteiger partial charge < -0.3 is 10.1 Å². The Labute approximate surface area is 122 Å². The van der Waals surface area contributed by atoms with E-state index in [1.165, 1.54) is 12.1 Å². The van der Waals surface area contributed by atoms with E-state index in [2.05, 4.69) is 5.32 Å². The molecular weight excluding hydrogens is 272 g/mol. The molecule has 0 fully saturated rings. The number of benzene rings is 2. The van der Waals surface area contributed by atoms with Gasteiger partial charge in [-0.05, 0) is 31.2 Å². The zero-order valence-electron chi connectivity index (χ0n) is 11.8. The molecule has 0 spiro atoms. The second-order valence-electron chi connectivity index (χ2n) is 5.28. The van der Waals surface area contributed by atoms with Crippen LogP contribution >= 0.6 is 0 Å². The Bertz CT molecular complexity index is 644. The van der Waals surface area contributed by atoms with Crippen LogP contribution in [0.2, 0.25) is 0 Å². The molecule has 21 heavy (non-hydrogen) atoms. The summed E-state index contributed by atoms with van der Waals surface area (Å²) in [7, 11) is 0. The molecule has 0 saturated heterocycles. The lowest BCUT2D eigenvalue weighted by molar-refractivity contribution is 0.245. The van der Waals surface area contributed by atoms with E-state index < -0.39 is 11.6 Å². The smallest absolute Gasteiger partial charge is 0.128 e. The maximum Gasteiger partial charge on any atom is 0.128 e. The third-order valence-corrected chi connectivity index (χ3v) is 3.83. The van der Waals surface area contributed by atoms with Crippen LogP contribution in [0.15, 0.2) is 42.5 Å². The predicted octanol–water partition coefficient (Wildman–Crippen LogP) is 4.14. The van der Waals surface area contributed by atoms with Crippen LogP contribution in [-0.2, 0) is 0 Å². The monoisotopic (exact) mass is 289 g/mol. The minimum Gasteiger partial charge on any atom is -0.493 e. The first-order chi connectivity index (χ1) is 10.1. The van der Waals surface area contributed by atoms with Crippen LogP contribution in [0.3, 0.4) is 0 Å². The number of hydrogen-bond acceptors (Lipinski definition) is 2. The van der Waals surface area contributed by atoms with Crippen molar-refractivity contribution < 1.29 is 13.5 Å². The molecule has 2 nitrogen and oxygen atoms in total. The van der Waals surface area contributed by atoms with Crippen molar-refractivity contribution in [3.05, 3.63) is 65.2 Å². The lowest BCUT2D eigenvalue weighted by atomic mass is 9.98. The molecule has 1 aliphatic rings. The third-order valence-electron chi connectivity index (χ3n) is 3.83. The largest absolute Gasteiger partial charge is 0.493 e. The Morgan fingerprint density at radius 1 is 1.19 bits per heavy atom. The van der Waals surface area contributed by atoms with Gasteiger partial charge in [0.15, 0.2) is 0 Å². The van der Waals surface area contributed by atoms with Gasteiger partial charge >= 0.3 is 0 Å². The molecule has 0 amide bonds. The minimum atomic E-state index is -0.424. The van der Waals surface area contributed by atoms with E-state index in [0.717, 1.165) is 23.8 Å². The first-order valence-corrected chi connectivity index (χ1v) is 7.08. The topological polar surface area (TPSA) is 21.3 Å². The van der Waals surface area contributed by atoms with E-state index in [4.69, 9.17) is 4.74 Å². The summed E-state index contributed by atoms with van der Waals surface area (Å²) in [4.78, 5) is 0. The van der Waals surface area contributed by atoms with Gasteiger partial charge in [-0.3, -0.25) is 0 Å². The van der Waals surface area contributed by atoms with E-state index in [1.54, 1.807) is 0 Å². The highest BCUT2D eigenvalue weighted by Gasteiger charge is 2.23. The number of para-hydroxylation sites is 1. The van der Waals surface area contributed by atoms with E-state index in [1.807, 2.05) is 31.2 Å². The Morgan fingerprint density at radius 3 is 2.86 bits per heavy atom. The van der Waals surface area contributed by atoms with E-state index in [-0.39, 0.29) is 12.1 Å². The first kappa shape index (κ1) is 14.0. The number of fused-ring (bicyclic) bond motifs is 1. The van der Waals surface area contributed by atoms with Crippen LogP contribution < -0.4 is 10.1 Å². The average molecular weight is 289 g/mol. The summed E-state index contributed by atoms with van der Waals surface area (Å²) in [5, 5.41) is 3.37. The second kappa shape index (κ2) is 5.82. The van der Waals surface area contributed by atoms with Crippen molar-refractivity contribution in [3.63, 3.8) is 0 Å². The van der Waals surface area contributed by atoms with Gasteiger partial charge in [0.05, 0.1) is 6.61 Å². The second-order valence-corrected chi connectivity index (χ2v) is 5.28. The number of ether oxygens (including phenoxy) is 1. The Hall–Kier alpha value is -1.94. The molecule has 2 aromatic rings. The van der Waals surface area contributed by atoms with Gasteiger partial charge in [0.2, 0.25) is 0 Å². The van der Waals surface area contributed by atoms with Crippen molar-refractivity contribution in [1.82, 2.24) is 5.32 Å². The Morgan fingerprint density at radius 2 is 2.00 bits per heavy atom. The van der Waals surface area contributed by atoms with Crippen molar-refractivity contribution in [2.24, 2.45) is 0 Å². The summed E-state index contributed by atoms with van der Waals surface area (Å²) >= 11 is 0. The zero-order valence-corrected chi connectivity index (χ0v) is 11.8. The molecule has 0 saturated carbocycles. The molecule has 1 heterocycles. The lowest BCUT2D eigenvalue weighted by Crippen LogP contribution is -2.29. The van der Waals surface area contributed by atoms with Gasteiger partial charge in [-0.2, -0.15) is 0 Å². The van der Waals surface area contributed by atoms with Crippen LogP contribution in [0, 0.1) is 11.6 Å². The maximum atomic E-state index is 13.8. The molecule has 4 heteroatoms. The van der Waals surface area contributed by atoms with Crippen LogP contribution in [-0.4, -0.2) is 6.61 Å². The van der Waals surface area contributed by atoms with Crippen LogP contribution in [0.25, 0.3) is 0 Å². The molecule has 2 unspecified atom stereocenters. The van der Waals surface area contributed by atoms with Crippen LogP contribution in [0.1, 0.15) is 36.6 Å². The maximum absolute atomic E-state index is 13.8. The highest BCUT2D eigenvalue weighted by Crippen LogP contribution is 2.33. The molecule has 0 aliphatic carbocycles. The van der Waals surface area contributed by atoms with Crippen molar-refractivity contribution >= 4 is 0 Å². The van der Waals surface area contributed by atoms with E-state index in [9.17, 15) is 8.78 Å². The quantitative estimate of drug-likeness (QED) is 0.917. The molecule has 2 aromatic carbocycles. The summed E-state index contributed by atoms with van der Waals surface area (Å²) < 4.78 is 32.8. The molecule has 0 aromatic heterocycles. The van der Waals surface area contributed by atoms with Gasteiger partial charge in [0.25, 0.3) is 0 Å². The summed E-state index contributed by atoms with van der Waals surface area (Å²) in [5.41, 5.74) is 1.41. The standard InChI is InChI=1S/C17H17F2NO/c1-11(14-10-12(18)6-7-15(14)19)20-16-8-9-21-17-5-3-2-4-13(16)17/h2-7,10-11,16,20H,8-9H2,1H3. The van der Waals surface area contributed by atoms with Crippen molar-refractivity contribution in [1.29, 1.82) is 0 Å². The van der Waals surface area contributed by atoms with Crippen molar-refractivity contribution in [2.45, 2.75) is 25.4 Å². The van der Waals surface area contributed by atoms with Gasteiger partial charge in [-0.15, -0.1) is 0 Å². The fourth-order valence-corrected chi connectivity index (χ4v) is 2.75. The SMILES string of the molecule is CC(NC1CCOc2ccccc21)c1cc(F)ccc1F. The van der Waals surface area contributed by atoms with Gasteiger partial charge in [0, 0.05) is 29.6 Å². The molecule has 110 valence electrons. The fourth-order valence-electron chi connectivity index (χ4n) is 2.75. The highest BCUT2D eigenvalue weighted by molar-refractivity contribution is 5.37. The summed E-state index contributed by atoms with van der Waals surface area (Å²) in [6.07, 6.45) is 0.804. The van der Waals surface area contributed by atoms with Crippen molar-refractivity contribution in [3.8, 4) is 5.75 Å². The summed E-state index contributed by atoms with van der Waals surface area (Å²) in [6.45, 7) is 2.46. The summed E-state index contributed by atoms with van der Waals surface area (Å²) in [5.74, 6) is 0.0392. The zero-order chi connectivity index (χ0) is 14.8. The number of nitrogens with one attached hydrogen (secondary N) is 1. The predicted molar refractivity (Wildman–Crippen MR) is 77.2 cm³/mol. The highest BCUT2D eigenvalue weighted by atomic mass is 19.1. The molecule has 1 aliphatic heterocycles. The molecule has 3 rings (SSSR count). The van der Waals surface area contributed by atoms with E-state index in [0.29, 0.717) is 12.2 Å². The number of rotatable bonds is 3. The van der Waals surface area contributed by atoms with Crippen LogP contribution in [0.5, 0.6) is 5.75 Å². The molecule has 2 atom stereocenters. The molecular formula is C17H17F2NO. The van der Waals surface area contributed by atoms with Gasteiger partial charge in [-0.1, -0.05) is 18.2 Å². The fraction of sp³-hybridized carbons (Fsp3) is 0.294. The van der Waals surface area contributed by atoms with E-state index >= 15 is 0 Å². The lowest BCUT2D eigenvalue weighted by Gasteiger charge is -2.29. The molecule has 0 bridgehead atoms. The number of halogens is 2. The van der Waals surface area contributed by atoms with Gasteiger partial charge in [-0.25, -0.2) is 8.78 Å². The first-order valence-electron chi connectivity index (χ1n) is 7.08. The summed E-state index contributed by atoms with van der Waals surface area (Å²) in [6, 6.07) is 11.2. The Balaban J connectivity index is 1.82. The van der Waals surface area contributed by atoms with Crippen LogP contribution in [0.4, 0.5) is 8.78 Å². The average Bonchev–Trinajstić information content (AvgIpc) is 2.50. The third kappa shape index (κ3) is 2.90. The molecule has 0 radical (unpaired) electrons. The van der Waals surface area contributed by atoms with Gasteiger partial charge in [0.1, 0.15) is 17.4 Å². The number of hydrogen-bond donors (Lipinski definition) is 1. The Kier molecular flexibility index (Phi) is 3.88. The molecule has 1 N–H and O–H groups in total. The minimum absolute atomic E-state index is 0.0765. The normalized spacial score (nSPS) is 18.7.